The van der Waals surface area contributed by atoms with E-state index in [0.29, 0.717) is 10.4 Å². The zero-order valence-corrected chi connectivity index (χ0v) is 22.8. The summed E-state index contributed by atoms with van der Waals surface area (Å²) in [4.78, 5) is 30.6. The van der Waals surface area contributed by atoms with Gasteiger partial charge in [0.1, 0.15) is 15.9 Å². The Labute approximate surface area is 234 Å². The average Bonchev–Trinajstić information content (AvgIpc) is 3.39. The predicted molar refractivity (Wildman–Crippen MR) is 153 cm³/mol. The summed E-state index contributed by atoms with van der Waals surface area (Å²) in [5.41, 5.74) is 2.31. The van der Waals surface area contributed by atoms with Gasteiger partial charge in [0.15, 0.2) is 5.13 Å². The highest BCUT2D eigenvalue weighted by atomic mass is 32.2. The average molecular weight is 571 g/mol. The molecule has 0 saturated carbocycles. The van der Waals surface area contributed by atoms with Gasteiger partial charge < -0.3 is 9.30 Å². The molecular weight excluding hydrogens is 548 g/mol. The molecule has 0 radical (unpaired) electrons. The van der Waals surface area contributed by atoms with Crippen LogP contribution in [0.4, 0.5) is 5.13 Å². The van der Waals surface area contributed by atoms with Crippen molar-refractivity contribution in [1.29, 1.82) is 5.26 Å². The first-order valence-electron chi connectivity index (χ1n) is 12.2. The summed E-state index contributed by atoms with van der Waals surface area (Å²) < 4.78 is 35.3. The van der Waals surface area contributed by atoms with Crippen LogP contribution in [0.5, 0.6) is 0 Å². The second kappa shape index (κ2) is 11.1. The Hall–Kier alpha value is -4.79. The lowest BCUT2D eigenvalue weighted by molar-refractivity contribution is 0.0524. The van der Waals surface area contributed by atoms with Gasteiger partial charge in [-0.1, -0.05) is 65.9 Å². The van der Waals surface area contributed by atoms with Gasteiger partial charge in [0.05, 0.1) is 23.1 Å². The first kappa shape index (κ1) is 26.8. The van der Waals surface area contributed by atoms with E-state index in [9.17, 15) is 18.0 Å². The largest absolute Gasteiger partial charge is 0.462 e. The molecule has 0 saturated heterocycles. The topological polar surface area (TPSA) is 131 Å². The molecule has 0 atom stereocenters. The monoisotopic (exact) mass is 570 g/mol. The van der Waals surface area contributed by atoms with E-state index in [1.807, 2.05) is 60.7 Å². The lowest BCUT2D eigenvalue weighted by Gasteiger charge is -2.14. The van der Waals surface area contributed by atoms with Gasteiger partial charge in [-0.3, -0.25) is 9.52 Å². The van der Waals surface area contributed by atoms with Crippen molar-refractivity contribution in [2.45, 2.75) is 18.4 Å². The summed E-state index contributed by atoms with van der Waals surface area (Å²) in [6.45, 7) is 2.00. The van der Waals surface area contributed by atoms with Crippen molar-refractivity contribution in [1.82, 2.24) is 9.55 Å². The van der Waals surface area contributed by atoms with Crippen LogP contribution >= 0.6 is 11.3 Å². The second-order valence-corrected chi connectivity index (χ2v) is 11.3. The van der Waals surface area contributed by atoms with Crippen LogP contribution in [-0.4, -0.2) is 30.5 Å². The maximum absolute atomic E-state index is 13.3. The molecule has 200 valence electrons. The fourth-order valence-electron chi connectivity index (χ4n) is 4.19. The van der Waals surface area contributed by atoms with E-state index in [0.717, 1.165) is 28.0 Å². The van der Waals surface area contributed by atoms with Gasteiger partial charge in [0.2, 0.25) is 5.43 Å². The highest BCUT2D eigenvalue weighted by Gasteiger charge is 2.23. The number of carbonyl (C=O) groups is 1. The zero-order chi connectivity index (χ0) is 28.3. The highest BCUT2D eigenvalue weighted by Crippen LogP contribution is 2.30. The molecule has 0 aliphatic rings. The zero-order valence-electron chi connectivity index (χ0n) is 21.2. The fourth-order valence-corrected chi connectivity index (χ4v) is 6.37. The number of hydrogen-bond acceptors (Lipinski definition) is 8. The normalized spacial score (nSPS) is 11.2. The van der Waals surface area contributed by atoms with Gasteiger partial charge >= 0.3 is 5.97 Å². The Morgan fingerprint density at radius 2 is 1.75 bits per heavy atom. The number of nitriles is 1. The number of benzene rings is 3. The van der Waals surface area contributed by atoms with Crippen molar-refractivity contribution in [2.75, 3.05) is 11.3 Å². The van der Waals surface area contributed by atoms with Crippen LogP contribution in [0.3, 0.4) is 0 Å². The molecule has 0 fully saturated rings. The molecule has 2 aromatic heterocycles. The van der Waals surface area contributed by atoms with Crippen LogP contribution in [0.1, 0.15) is 28.4 Å². The minimum atomic E-state index is -4.06. The van der Waals surface area contributed by atoms with Crippen LogP contribution < -0.4 is 10.2 Å². The van der Waals surface area contributed by atoms with Crippen molar-refractivity contribution in [3.05, 3.63) is 112 Å². The lowest BCUT2D eigenvalue weighted by Crippen LogP contribution is -2.21. The van der Waals surface area contributed by atoms with Crippen LogP contribution in [-0.2, 0) is 21.3 Å². The summed E-state index contributed by atoms with van der Waals surface area (Å²) in [5.74, 6) is -0.785. The lowest BCUT2D eigenvalue weighted by atomic mass is 9.99. The van der Waals surface area contributed by atoms with E-state index in [1.54, 1.807) is 11.5 Å². The Morgan fingerprint density at radius 3 is 2.45 bits per heavy atom. The summed E-state index contributed by atoms with van der Waals surface area (Å²) in [6.07, 6.45) is 1.43. The molecule has 0 spiro atoms. The smallest absolute Gasteiger partial charge is 0.343 e. The summed E-state index contributed by atoms with van der Waals surface area (Å²) in [7, 11) is -4.06. The molecule has 3 aromatic carbocycles. The molecule has 0 amide bonds. The van der Waals surface area contributed by atoms with E-state index < -0.39 is 21.4 Å². The van der Waals surface area contributed by atoms with E-state index in [4.69, 9.17) is 10.00 Å². The molecule has 5 aromatic rings. The Bertz CT molecular complexity index is 1920. The van der Waals surface area contributed by atoms with Crippen molar-refractivity contribution in [2.24, 2.45) is 0 Å². The Kier molecular flexibility index (Phi) is 7.46. The third-order valence-corrected chi connectivity index (χ3v) is 8.56. The van der Waals surface area contributed by atoms with Gasteiger partial charge in [-0.2, -0.15) is 5.26 Å². The maximum atomic E-state index is 13.3. The number of carbonyl (C=O) groups excluding carboxylic acids is 1. The molecule has 1 N–H and O–H groups in total. The number of aromatic nitrogens is 2. The number of ether oxygens (including phenoxy) is 1. The minimum Gasteiger partial charge on any atom is -0.462 e. The summed E-state index contributed by atoms with van der Waals surface area (Å²) >= 11 is 0.979. The molecule has 0 unspecified atom stereocenters. The predicted octanol–water partition coefficient (Wildman–Crippen LogP) is 5.02. The molecule has 0 bridgehead atoms. The first-order chi connectivity index (χ1) is 19.3. The van der Waals surface area contributed by atoms with Gasteiger partial charge in [-0.25, -0.2) is 18.2 Å². The number of nitrogens with one attached hydrogen (secondary N) is 1. The van der Waals surface area contributed by atoms with Gasteiger partial charge in [0, 0.05) is 12.7 Å². The third-order valence-electron chi connectivity index (χ3n) is 6.07. The number of thiazole rings is 1. The second-order valence-electron chi connectivity index (χ2n) is 8.66. The van der Waals surface area contributed by atoms with Crippen LogP contribution in [0.25, 0.3) is 21.5 Å². The SMILES string of the molecule is CCOC(=O)c1cn(Cc2ccccc2-c2ccccc2)c2sc(NS(=O)(=O)c3ccc(C#N)cc3)nc2c1=O. The number of fused-ring (bicyclic) bond motifs is 1. The Balaban J connectivity index is 1.61. The number of esters is 1. The fraction of sp³-hybridized carbons (Fsp3) is 0.103. The van der Waals surface area contributed by atoms with Crippen molar-refractivity contribution >= 4 is 42.8 Å². The third kappa shape index (κ3) is 5.36. The highest BCUT2D eigenvalue weighted by molar-refractivity contribution is 7.93. The maximum Gasteiger partial charge on any atom is 0.343 e. The minimum absolute atomic E-state index is 0.0393. The standard InChI is InChI=1S/C29H22N4O5S2/c1-2-38-28(35)24-18-33(17-21-10-6-7-11-23(21)20-8-4-3-5-9-20)27-25(26(24)34)31-29(39-27)32-40(36,37)22-14-12-19(16-30)13-15-22/h3-15,18H,2,17H2,1H3,(H,31,32). The molecule has 40 heavy (non-hydrogen) atoms. The number of anilines is 1. The van der Waals surface area contributed by atoms with Gasteiger partial charge in [-0.15, -0.1) is 0 Å². The van der Waals surface area contributed by atoms with Crippen LogP contribution in [0.15, 0.2) is 94.7 Å². The molecule has 0 aliphatic heterocycles. The molecule has 11 heteroatoms. The first-order valence-corrected chi connectivity index (χ1v) is 14.5. The van der Waals surface area contributed by atoms with Crippen molar-refractivity contribution in [3.63, 3.8) is 0 Å². The number of hydrogen-bond donors (Lipinski definition) is 1. The molecule has 9 nitrogen and oxygen atoms in total. The number of rotatable bonds is 8. The van der Waals surface area contributed by atoms with Crippen molar-refractivity contribution in [3.8, 4) is 17.2 Å². The van der Waals surface area contributed by atoms with Gasteiger partial charge in [-0.05, 0) is 47.9 Å². The number of sulfonamides is 1. The van der Waals surface area contributed by atoms with Crippen LogP contribution in [0.2, 0.25) is 0 Å². The number of pyridine rings is 1. The van der Waals surface area contributed by atoms with E-state index in [1.165, 1.54) is 30.5 Å². The summed E-state index contributed by atoms with van der Waals surface area (Å²) in [5, 5.41) is 8.95. The van der Waals surface area contributed by atoms with E-state index in [-0.39, 0.29) is 34.3 Å². The van der Waals surface area contributed by atoms with E-state index >= 15 is 0 Å². The van der Waals surface area contributed by atoms with Gasteiger partial charge in [0.25, 0.3) is 10.0 Å². The summed E-state index contributed by atoms with van der Waals surface area (Å²) in [6, 6.07) is 24.9. The van der Waals surface area contributed by atoms with E-state index in [2.05, 4.69) is 9.71 Å². The number of nitrogens with zero attached hydrogens (tertiary/aromatic N) is 3. The molecule has 0 aliphatic carbocycles. The molecule has 5 rings (SSSR count). The molecule has 2 heterocycles. The van der Waals surface area contributed by atoms with Crippen LogP contribution in [0, 0.1) is 11.3 Å². The quantitative estimate of drug-likeness (QED) is 0.259. The van der Waals surface area contributed by atoms with Crippen molar-refractivity contribution < 1.29 is 17.9 Å². The molecular formula is C29H22N4O5S2. The Morgan fingerprint density at radius 1 is 1.05 bits per heavy atom.